The van der Waals surface area contributed by atoms with Crippen molar-refractivity contribution in [3.05, 3.63) is 48.5 Å². The number of aromatic nitrogens is 3. The number of anilines is 2. The molecule has 8 heteroatoms. The molecule has 4 rings (SSSR count). The summed E-state index contributed by atoms with van der Waals surface area (Å²) in [4.78, 5) is 10.7. The number of nitrogens with zero attached hydrogens (tertiary/aromatic N) is 5. The first-order valence-corrected chi connectivity index (χ1v) is 9.29. The van der Waals surface area contributed by atoms with E-state index in [2.05, 4.69) is 20.9 Å². The van der Waals surface area contributed by atoms with E-state index >= 15 is 0 Å². The largest absolute Gasteiger partial charge is 0.497 e. The fourth-order valence-corrected chi connectivity index (χ4v) is 3.65. The van der Waals surface area contributed by atoms with E-state index in [0.717, 1.165) is 30.8 Å². The molecule has 8 nitrogen and oxygen atoms in total. The van der Waals surface area contributed by atoms with Gasteiger partial charge >= 0.3 is 0 Å². The number of ether oxygens (including phenoxy) is 2. The predicted octanol–water partition coefficient (Wildman–Crippen LogP) is 2.62. The van der Waals surface area contributed by atoms with Crippen molar-refractivity contribution in [2.24, 2.45) is 0 Å². The molecule has 3 aromatic rings. The molecule has 1 aromatic carbocycles. The predicted molar refractivity (Wildman–Crippen MR) is 110 cm³/mol. The Kier molecular flexibility index (Phi) is 5.06. The minimum absolute atomic E-state index is 0.212. The number of nitrogens with two attached hydrogens (primary N) is 1. The van der Waals surface area contributed by atoms with E-state index in [9.17, 15) is 5.26 Å². The van der Waals surface area contributed by atoms with Crippen molar-refractivity contribution in [2.75, 3.05) is 37.9 Å². The van der Waals surface area contributed by atoms with Crippen LogP contribution in [0.1, 0.15) is 12.0 Å². The van der Waals surface area contributed by atoms with E-state index < -0.39 is 0 Å². The standard InChI is InChI=1S/C21H22N6O2/c1-28-16-3-5-26(12-16)15-7-14(8-17(9-15)29-2)18-10-20(23)25-21(19(18)11-22)27-6-4-24-13-27/h4,6-10,13,16H,3,5,12H2,1-2H3,(H2,23,25)/t16-/m1/s1. The summed E-state index contributed by atoms with van der Waals surface area (Å²) in [5, 5.41) is 9.90. The number of hydrogen-bond donors (Lipinski definition) is 1. The SMILES string of the molecule is COc1cc(-c2cc(N)nc(-n3ccnc3)c2C#N)cc(N2CC[C@@H](OC)C2)c1. The second kappa shape index (κ2) is 7.81. The summed E-state index contributed by atoms with van der Waals surface area (Å²) in [5.74, 6) is 1.49. The van der Waals surface area contributed by atoms with Gasteiger partial charge in [0.05, 0.1) is 13.2 Å². The Morgan fingerprint density at radius 2 is 2.10 bits per heavy atom. The molecular formula is C21H22N6O2. The molecule has 148 valence electrons. The van der Waals surface area contributed by atoms with Gasteiger partial charge < -0.3 is 20.1 Å². The third kappa shape index (κ3) is 3.60. The molecule has 2 aromatic heterocycles. The van der Waals surface area contributed by atoms with Crippen LogP contribution in [0, 0.1) is 11.3 Å². The number of methoxy groups -OCH3 is 2. The summed E-state index contributed by atoms with van der Waals surface area (Å²) in [5.41, 5.74) is 9.06. The summed E-state index contributed by atoms with van der Waals surface area (Å²) in [7, 11) is 3.37. The molecule has 1 atom stereocenters. The molecule has 0 amide bonds. The number of benzene rings is 1. The van der Waals surface area contributed by atoms with E-state index in [1.807, 2.05) is 18.2 Å². The van der Waals surface area contributed by atoms with Crippen LogP contribution in [0.15, 0.2) is 43.0 Å². The third-order valence-corrected chi connectivity index (χ3v) is 5.16. The molecule has 0 aliphatic carbocycles. The number of pyridine rings is 1. The van der Waals surface area contributed by atoms with Crippen LogP contribution >= 0.6 is 0 Å². The van der Waals surface area contributed by atoms with Crippen LogP contribution in [0.25, 0.3) is 16.9 Å². The first-order chi connectivity index (χ1) is 14.1. The molecule has 1 fully saturated rings. The van der Waals surface area contributed by atoms with E-state index in [-0.39, 0.29) is 6.10 Å². The number of nitriles is 1. The Labute approximate surface area is 169 Å². The van der Waals surface area contributed by atoms with Gasteiger partial charge in [-0.15, -0.1) is 0 Å². The number of hydrogen-bond acceptors (Lipinski definition) is 7. The van der Waals surface area contributed by atoms with E-state index in [0.29, 0.717) is 28.5 Å². The maximum absolute atomic E-state index is 9.90. The molecule has 29 heavy (non-hydrogen) atoms. The normalized spacial score (nSPS) is 16.0. The summed E-state index contributed by atoms with van der Waals surface area (Å²) in [6.07, 6.45) is 6.15. The lowest BCUT2D eigenvalue weighted by Crippen LogP contribution is -2.22. The van der Waals surface area contributed by atoms with E-state index in [1.165, 1.54) is 0 Å². The second-order valence-corrected chi connectivity index (χ2v) is 6.89. The molecule has 1 saturated heterocycles. The van der Waals surface area contributed by atoms with Gasteiger partial charge in [-0.2, -0.15) is 5.26 Å². The summed E-state index contributed by atoms with van der Waals surface area (Å²) in [6, 6.07) is 9.95. The Hall–Kier alpha value is -3.57. The zero-order valence-corrected chi connectivity index (χ0v) is 16.4. The zero-order valence-electron chi connectivity index (χ0n) is 16.4. The van der Waals surface area contributed by atoms with Crippen molar-refractivity contribution in [1.82, 2.24) is 14.5 Å². The van der Waals surface area contributed by atoms with Gasteiger partial charge in [0.1, 0.15) is 29.5 Å². The van der Waals surface area contributed by atoms with Crippen molar-refractivity contribution in [3.63, 3.8) is 0 Å². The van der Waals surface area contributed by atoms with Crippen LogP contribution in [0.3, 0.4) is 0 Å². The van der Waals surface area contributed by atoms with Crippen molar-refractivity contribution in [1.29, 1.82) is 5.26 Å². The third-order valence-electron chi connectivity index (χ3n) is 5.16. The highest BCUT2D eigenvalue weighted by Crippen LogP contribution is 2.35. The Bertz CT molecular complexity index is 1060. The van der Waals surface area contributed by atoms with Crippen LogP contribution in [-0.4, -0.2) is 47.9 Å². The van der Waals surface area contributed by atoms with Crippen molar-refractivity contribution < 1.29 is 9.47 Å². The second-order valence-electron chi connectivity index (χ2n) is 6.89. The average Bonchev–Trinajstić information content (AvgIpc) is 3.44. The molecule has 0 unspecified atom stereocenters. The zero-order chi connectivity index (χ0) is 20.4. The lowest BCUT2D eigenvalue weighted by Gasteiger charge is -2.21. The van der Waals surface area contributed by atoms with Gasteiger partial charge in [0.25, 0.3) is 0 Å². The van der Waals surface area contributed by atoms with E-state index in [4.69, 9.17) is 15.2 Å². The highest BCUT2D eigenvalue weighted by atomic mass is 16.5. The average molecular weight is 390 g/mol. The van der Waals surface area contributed by atoms with Gasteiger partial charge in [0.2, 0.25) is 0 Å². The molecule has 0 spiro atoms. The lowest BCUT2D eigenvalue weighted by molar-refractivity contribution is 0.121. The molecule has 2 N–H and O–H groups in total. The fraction of sp³-hybridized carbons (Fsp3) is 0.286. The topological polar surface area (TPSA) is 102 Å². The van der Waals surface area contributed by atoms with Gasteiger partial charge in [-0.1, -0.05) is 0 Å². The van der Waals surface area contributed by atoms with Crippen LogP contribution in [0.4, 0.5) is 11.5 Å². The first-order valence-electron chi connectivity index (χ1n) is 9.29. The minimum Gasteiger partial charge on any atom is -0.497 e. The molecule has 0 radical (unpaired) electrons. The molecule has 0 bridgehead atoms. The van der Waals surface area contributed by atoms with Crippen LogP contribution < -0.4 is 15.4 Å². The summed E-state index contributed by atoms with van der Waals surface area (Å²) < 4.78 is 12.7. The van der Waals surface area contributed by atoms with Crippen molar-refractivity contribution in [2.45, 2.75) is 12.5 Å². The number of rotatable bonds is 5. The smallest absolute Gasteiger partial charge is 0.158 e. The highest BCUT2D eigenvalue weighted by molar-refractivity contribution is 5.79. The van der Waals surface area contributed by atoms with Gasteiger partial charge in [0.15, 0.2) is 5.82 Å². The van der Waals surface area contributed by atoms with Gasteiger partial charge in [-0.25, -0.2) is 9.97 Å². The van der Waals surface area contributed by atoms with Crippen LogP contribution in [0.5, 0.6) is 5.75 Å². The Morgan fingerprint density at radius 3 is 2.76 bits per heavy atom. The van der Waals surface area contributed by atoms with Gasteiger partial charge in [-0.05, 0) is 30.2 Å². The fourth-order valence-electron chi connectivity index (χ4n) is 3.65. The molecule has 1 aliphatic rings. The molecule has 3 heterocycles. The monoisotopic (exact) mass is 390 g/mol. The van der Waals surface area contributed by atoms with Crippen LogP contribution in [0.2, 0.25) is 0 Å². The van der Waals surface area contributed by atoms with Crippen molar-refractivity contribution in [3.8, 4) is 28.8 Å². The van der Waals surface area contributed by atoms with E-state index in [1.54, 1.807) is 43.6 Å². The van der Waals surface area contributed by atoms with Gasteiger partial charge in [0, 0.05) is 49.9 Å². The van der Waals surface area contributed by atoms with Crippen molar-refractivity contribution >= 4 is 11.5 Å². The minimum atomic E-state index is 0.212. The summed E-state index contributed by atoms with van der Waals surface area (Å²) in [6.45, 7) is 1.71. The summed E-state index contributed by atoms with van der Waals surface area (Å²) >= 11 is 0. The Morgan fingerprint density at radius 1 is 1.24 bits per heavy atom. The van der Waals surface area contributed by atoms with Crippen LogP contribution in [-0.2, 0) is 4.74 Å². The number of imidazole rings is 1. The maximum atomic E-state index is 9.90. The highest BCUT2D eigenvalue weighted by Gasteiger charge is 2.24. The molecule has 0 saturated carbocycles. The van der Waals surface area contributed by atoms with Gasteiger partial charge in [-0.3, -0.25) is 4.57 Å². The first kappa shape index (κ1) is 18.8. The maximum Gasteiger partial charge on any atom is 0.158 e. The molecule has 1 aliphatic heterocycles. The number of nitrogen functional groups attached to an aromatic ring is 1. The molecular weight excluding hydrogens is 368 g/mol. The Balaban J connectivity index is 1.85. The lowest BCUT2D eigenvalue weighted by atomic mass is 9.99. The quantitative estimate of drug-likeness (QED) is 0.714.